The van der Waals surface area contributed by atoms with Gasteiger partial charge >= 0.3 is 0 Å². The summed E-state index contributed by atoms with van der Waals surface area (Å²) in [6.45, 7) is 0. The van der Waals surface area contributed by atoms with Crippen molar-refractivity contribution >= 4 is 27.2 Å². The lowest BCUT2D eigenvalue weighted by atomic mass is 9.87. The van der Waals surface area contributed by atoms with Gasteiger partial charge in [0, 0.05) is 47.1 Å². The smallest absolute Gasteiger partial charge is 0.292 e. The lowest BCUT2D eigenvalue weighted by Gasteiger charge is -2.38. The number of anilines is 1. The first-order valence-electron chi connectivity index (χ1n) is 13.6. The number of benzene rings is 1. The van der Waals surface area contributed by atoms with Crippen molar-refractivity contribution in [2.75, 3.05) is 12.0 Å². The number of halogens is 2. The number of carbonyl (C=O) groups excluding carboxylic acids is 1. The molecule has 1 amide bonds. The molecule has 2 aliphatic heterocycles. The molecule has 0 spiro atoms. The number of pyridine rings is 1. The summed E-state index contributed by atoms with van der Waals surface area (Å²) in [5.74, 6) is -2.38. The van der Waals surface area contributed by atoms with Crippen molar-refractivity contribution in [3.8, 4) is 22.4 Å². The molecule has 2 aliphatic rings. The molecule has 5 aromatic rings. The molecular weight excluding hydrogens is 580 g/mol. The number of fused-ring (bicyclic) bond motifs is 3. The summed E-state index contributed by atoms with van der Waals surface area (Å²) in [5, 5.41) is 11.9. The van der Waals surface area contributed by atoms with Gasteiger partial charge in [0.1, 0.15) is 17.0 Å². The highest BCUT2D eigenvalue weighted by Gasteiger charge is 2.46. The number of carbonyl (C=O) groups is 1. The number of H-pyrrole nitrogens is 1. The SMILES string of the molecule is CS(=O)(=O)c1c([C@@H]2C[C@H]3CC[C@@H](C2)N3C(=O)c2nnc[nH]2)nc2c(-c3ccc(-c4cccc(F)c4F)nc3)cnn2c1N. The van der Waals surface area contributed by atoms with Gasteiger partial charge in [0.05, 0.1) is 17.6 Å². The van der Waals surface area contributed by atoms with Crippen molar-refractivity contribution in [1.82, 2.24) is 39.7 Å². The summed E-state index contributed by atoms with van der Waals surface area (Å²) in [6, 6.07) is 6.87. The maximum Gasteiger partial charge on any atom is 0.292 e. The third-order valence-corrected chi connectivity index (χ3v) is 9.47. The standard InChI is InChI=1S/C28H25F2N9O3S/c1-43(41,42)24-23(15-9-16-6-7-17(10-15)38(16)28(40)26-33-13-34-37-26)36-27-19(12-35-39(27)25(24)31)14-5-8-21(32-11-14)18-3-2-4-20(29)22(18)30/h2-5,8,11-13,15-17H,6-7,9-10,31H2,1H3,(H,33,34,37)/t15-,16-,17+. The number of hydrogen-bond donors (Lipinski definition) is 2. The van der Waals surface area contributed by atoms with E-state index in [9.17, 15) is 22.0 Å². The maximum absolute atomic E-state index is 14.3. The van der Waals surface area contributed by atoms with E-state index < -0.39 is 21.5 Å². The highest BCUT2D eigenvalue weighted by atomic mass is 32.2. The van der Waals surface area contributed by atoms with Crippen LogP contribution in [0.25, 0.3) is 28.0 Å². The van der Waals surface area contributed by atoms with E-state index in [0.717, 1.165) is 25.2 Å². The van der Waals surface area contributed by atoms with Crippen molar-refractivity contribution in [3.05, 3.63) is 72.2 Å². The van der Waals surface area contributed by atoms with Crippen LogP contribution >= 0.6 is 0 Å². The fraction of sp³-hybridized carbons (Fsp3) is 0.286. The van der Waals surface area contributed by atoms with Gasteiger partial charge in [-0.25, -0.2) is 22.2 Å². The van der Waals surface area contributed by atoms with Gasteiger partial charge in [-0.2, -0.15) is 9.61 Å². The monoisotopic (exact) mass is 605 g/mol. The van der Waals surface area contributed by atoms with Crippen molar-refractivity contribution in [1.29, 1.82) is 0 Å². The summed E-state index contributed by atoms with van der Waals surface area (Å²) < 4.78 is 55.5. The summed E-state index contributed by atoms with van der Waals surface area (Å²) >= 11 is 0. The number of sulfone groups is 1. The Balaban J connectivity index is 1.28. The molecule has 2 fully saturated rings. The van der Waals surface area contributed by atoms with E-state index in [1.54, 1.807) is 12.1 Å². The highest BCUT2D eigenvalue weighted by Crippen LogP contribution is 2.45. The van der Waals surface area contributed by atoms with Crippen LogP contribution in [0.4, 0.5) is 14.6 Å². The van der Waals surface area contributed by atoms with Crippen molar-refractivity contribution in [2.24, 2.45) is 0 Å². The molecule has 0 unspecified atom stereocenters. The van der Waals surface area contributed by atoms with E-state index in [1.165, 1.54) is 35.4 Å². The Bertz CT molecular complexity index is 1980. The van der Waals surface area contributed by atoms with Crippen LogP contribution in [0.2, 0.25) is 0 Å². The first kappa shape index (κ1) is 27.1. The third-order valence-electron chi connectivity index (χ3n) is 8.31. The van der Waals surface area contributed by atoms with Crippen LogP contribution in [-0.4, -0.2) is 72.3 Å². The molecule has 6 heterocycles. The Morgan fingerprint density at radius 2 is 1.84 bits per heavy atom. The fourth-order valence-corrected chi connectivity index (χ4v) is 7.52. The van der Waals surface area contributed by atoms with Gasteiger partial charge in [0.25, 0.3) is 5.91 Å². The molecule has 3 atom stereocenters. The normalized spacial score (nSPS) is 20.2. The van der Waals surface area contributed by atoms with Crippen molar-refractivity contribution in [2.45, 2.75) is 48.6 Å². The Morgan fingerprint density at radius 3 is 2.49 bits per heavy atom. The van der Waals surface area contributed by atoms with Gasteiger partial charge in [-0.05, 0) is 43.9 Å². The first-order chi connectivity index (χ1) is 20.6. The Hall–Kier alpha value is -4.79. The molecule has 3 N–H and O–H groups in total. The summed E-state index contributed by atoms with van der Waals surface area (Å²) in [6.07, 6.45) is 7.99. The number of nitrogens with zero attached hydrogens (tertiary/aromatic N) is 7. The molecule has 0 aliphatic carbocycles. The van der Waals surface area contributed by atoms with Gasteiger partial charge in [-0.1, -0.05) is 12.1 Å². The predicted molar refractivity (Wildman–Crippen MR) is 150 cm³/mol. The topological polar surface area (TPSA) is 165 Å². The number of nitrogen functional groups attached to an aromatic ring is 1. The molecule has 0 saturated carbocycles. The molecule has 2 bridgehead atoms. The molecular formula is C28H25F2N9O3S. The molecule has 1 aromatic carbocycles. The molecule has 4 aromatic heterocycles. The second kappa shape index (κ2) is 9.90. The minimum atomic E-state index is -3.81. The van der Waals surface area contributed by atoms with Crippen LogP contribution in [0, 0.1) is 11.6 Å². The minimum absolute atomic E-state index is 0.0247. The predicted octanol–water partition coefficient (Wildman–Crippen LogP) is 3.39. The number of nitrogens with two attached hydrogens (primary N) is 1. The second-order valence-corrected chi connectivity index (χ2v) is 12.9. The lowest BCUT2D eigenvalue weighted by molar-refractivity contribution is 0.0556. The molecule has 220 valence electrons. The zero-order valence-corrected chi connectivity index (χ0v) is 23.6. The van der Waals surface area contributed by atoms with Crippen molar-refractivity contribution in [3.63, 3.8) is 0 Å². The van der Waals surface area contributed by atoms with E-state index in [0.29, 0.717) is 35.3 Å². The number of aromatic nitrogens is 7. The van der Waals surface area contributed by atoms with Gasteiger partial charge < -0.3 is 15.6 Å². The maximum atomic E-state index is 14.3. The summed E-state index contributed by atoms with van der Waals surface area (Å²) in [7, 11) is -3.81. The molecule has 7 rings (SSSR count). The number of hydrogen-bond acceptors (Lipinski definition) is 9. The summed E-state index contributed by atoms with van der Waals surface area (Å²) in [5.41, 5.74) is 8.51. The first-order valence-corrected chi connectivity index (χ1v) is 15.5. The van der Waals surface area contributed by atoms with Gasteiger partial charge in [0.15, 0.2) is 27.1 Å². The van der Waals surface area contributed by atoms with Gasteiger partial charge in [-0.3, -0.25) is 9.78 Å². The van der Waals surface area contributed by atoms with E-state index in [4.69, 9.17) is 10.7 Å². The fourth-order valence-electron chi connectivity index (χ4n) is 6.46. The van der Waals surface area contributed by atoms with Gasteiger partial charge in [-0.15, -0.1) is 10.2 Å². The average Bonchev–Trinajstić information content (AvgIpc) is 3.72. The largest absolute Gasteiger partial charge is 0.382 e. The minimum Gasteiger partial charge on any atom is -0.382 e. The Morgan fingerprint density at radius 1 is 1.07 bits per heavy atom. The Kier molecular flexibility index (Phi) is 6.23. The van der Waals surface area contributed by atoms with Crippen LogP contribution < -0.4 is 5.73 Å². The highest BCUT2D eigenvalue weighted by molar-refractivity contribution is 7.91. The van der Waals surface area contributed by atoms with Crippen LogP contribution in [-0.2, 0) is 9.84 Å². The van der Waals surface area contributed by atoms with E-state index in [1.807, 2.05) is 4.90 Å². The average molecular weight is 606 g/mol. The number of rotatable bonds is 5. The molecule has 0 radical (unpaired) electrons. The summed E-state index contributed by atoms with van der Waals surface area (Å²) in [4.78, 5) is 26.8. The van der Waals surface area contributed by atoms with Crippen molar-refractivity contribution < 1.29 is 22.0 Å². The van der Waals surface area contributed by atoms with E-state index in [-0.39, 0.29) is 51.7 Å². The van der Waals surface area contributed by atoms with E-state index in [2.05, 4.69) is 25.3 Å². The van der Waals surface area contributed by atoms with Crippen LogP contribution in [0.3, 0.4) is 0 Å². The molecule has 43 heavy (non-hydrogen) atoms. The third kappa shape index (κ3) is 4.42. The van der Waals surface area contributed by atoms with E-state index >= 15 is 0 Å². The molecule has 2 saturated heterocycles. The molecule has 12 nitrogen and oxygen atoms in total. The zero-order valence-electron chi connectivity index (χ0n) is 22.8. The Labute approximate surface area is 243 Å². The quantitative estimate of drug-likeness (QED) is 0.305. The van der Waals surface area contributed by atoms with Crippen LogP contribution in [0.1, 0.15) is 47.9 Å². The number of amides is 1. The number of piperidine rings is 1. The second-order valence-electron chi connectivity index (χ2n) is 10.9. The number of nitrogens with one attached hydrogen (secondary N) is 1. The van der Waals surface area contributed by atoms with Crippen LogP contribution in [0.15, 0.2) is 53.9 Å². The zero-order chi connectivity index (χ0) is 30.0. The molecule has 15 heteroatoms. The number of aromatic amines is 1. The lowest BCUT2D eigenvalue weighted by Crippen LogP contribution is -2.46. The van der Waals surface area contributed by atoms with Crippen LogP contribution in [0.5, 0.6) is 0 Å². The van der Waals surface area contributed by atoms with Gasteiger partial charge in [0.2, 0.25) is 5.82 Å².